The van der Waals surface area contributed by atoms with E-state index < -0.39 is 0 Å². The van der Waals surface area contributed by atoms with Crippen LogP contribution in [0.1, 0.15) is 52.4 Å². The minimum absolute atomic E-state index is 0. The van der Waals surface area contributed by atoms with E-state index in [0.717, 1.165) is 32.4 Å². The molecule has 5 heteroatoms. The number of carbonyl (C=O) groups is 1. The number of rotatable bonds is 3. The van der Waals surface area contributed by atoms with Crippen LogP contribution >= 0.6 is 12.4 Å². The minimum Gasteiger partial charge on any atom is -0.352 e. The van der Waals surface area contributed by atoms with Gasteiger partial charge in [0.2, 0.25) is 5.91 Å². The molecule has 3 unspecified atom stereocenters. The predicted octanol–water partition coefficient (Wildman–Crippen LogP) is 1.91. The molecular formula is C15H30ClN3O. The molecule has 0 aromatic rings. The second kappa shape index (κ2) is 8.20. The summed E-state index contributed by atoms with van der Waals surface area (Å²) < 4.78 is 0. The molecule has 3 N–H and O–H groups in total. The van der Waals surface area contributed by atoms with Crippen LogP contribution in [0.2, 0.25) is 0 Å². The molecule has 0 spiro atoms. The van der Waals surface area contributed by atoms with E-state index in [0.29, 0.717) is 18.0 Å². The second-order valence-corrected chi connectivity index (χ2v) is 6.44. The zero-order valence-electron chi connectivity index (χ0n) is 12.8. The Morgan fingerprint density at radius 1 is 1.25 bits per heavy atom. The maximum absolute atomic E-state index is 12.3. The number of hydrogen-bond donors (Lipinski definition) is 2. The number of hydrogen-bond acceptors (Lipinski definition) is 3. The molecule has 0 aromatic heterocycles. The lowest BCUT2D eigenvalue weighted by atomic mass is 9.93. The lowest BCUT2D eigenvalue weighted by molar-refractivity contribution is -0.127. The van der Waals surface area contributed by atoms with E-state index in [1.807, 2.05) is 6.92 Å². The van der Waals surface area contributed by atoms with E-state index in [2.05, 4.69) is 17.1 Å². The number of nitrogens with two attached hydrogens (primary N) is 1. The molecule has 20 heavy (non-hydrogen) atoms. The van der Waals surface area contributed by atoms with Crippen LogP contribution in [0.3, 0.4) is 0 Å². The smallest absolute Gasteiger partial charge is 0.237 e. The first-order valence-electron chi connectivity index (χ1n) is 7.88. The van der Waals surface area contributed by atoms with E-state index in [1.165, 1.54) is 19.3 Å². The van der Waals surface area contributed by atoms with E-state index in [9.17, 15) is 4.79 Å². The van der Waals surface area contributed by atoms with Gasteiger partial charge in [0.1, 0.15) is 0 Å². The van der Waals surface area contributed by atoms with Gasteiger partial charge in [-0.1, -0.05) is 26.2 Å². The zero-order valence-corrected chi connectivity index (χ0v) is 13.6. The summed E-state index contributed by atoms with van der Waals surface area (Å²) >= 11 is 0. The van der Waals surface area contributed by atoms with Crippen molar-refractivity contribution < 1.29 is 4.79 Å². The van der Waals surface area contributed by atoms with Crippen molar-refractivity contribution in [3.05, 3.63) is 0 Å². The number of piperidine rings is 1. The van der Waals surface area contributed by atoms with Crippen LogP contribution in [0, 0.1) is 5.92 Å². The molecule has 2 fully saturated rings. The topological polar surface area (TPSA) is 58.4 Å². The molecule has 0 bridgehead atoms. The summed E-state index contributed by atoms with van der Waals surface area (Å²) in [5.74, 6) is 0.688. The molecule has 0 radical (unpaired) electrons. The third kappa shape index (κ3) is 4.61. The number of nitrogens with zero attached hydrogens (tertiary/aromatic N) is 1. The molecule has 1 saturated carbocycles. The quantitative estimate of drug-likeness (QED) is 0.837. The van der Waals surface area contributed by atoms with Crippen molar-refractivity contribution in [2.45, 2.75) is 70.5 Å². The normalized spacial score (nSPS) is 30.4. The van der Waals surface area contributed by atoms with Crippen molar-refractivity contribution in [1.82, 2.24) is 10.2 Å². The Bertz CT molecular complexity index is 307. The van der Waals surface area contributed by atoms with Gasteiger partial charge in [-0.25, -0.2) is 0 Å². The highest BCUT2D eigenvalue weighted by Crippen LogP contribution is 2.19. The van der Waals surface area contributed by atoms with Crippen LogP contribution in [0.5, 0.6) is 0 Å². The highest BCUT2D eigenvalue weighted by atomic mass is 35.5. The highest BCUT2D eigenvalue weighted by molar-refractivity contribution is 5.85. The monoisotopic (exact) mass is 303 g/mol. The molecule has 3 atom stereocenters. The Labute approximate surface area is 129 Å². The fourth-order valence-corrected chi connectivity index (χ4v) is 3.28. The lowest BCUT2D eigenvalue weighted by Crippen LogP contribution is -2.54. The highest BCUT2D eigenvalue weighted by Gasteiger charge is 2.30. The van der Waals surface area contributed by atoms with Crippen LogP contribution in [0.15, 0.2) is 0 Å². The Morgan fingerprint density at radius 2 is 1.90 bits per heavy atom. The van der Waals surface area contributed by atoms with Gasteiger partial charge in [-0.2, -0.15) is 0 Å². The van der Waals surface area contributed by atoms with Gasteiger partial charge in [-0.3, -0.25) is 9.69 Å². The first-order chi connectivity index (χ1) is 9.08. The molecule has 1 aliphatic heterocycles. The summed E-state index contributed by atoms with van der Waals surface area (Å²) in [6.45, 7) is 6.11. The standard InChI is InChI=1S/C15H29N3O.ClH/c1-11-10-18(9-8-14(11)16)12(2)15(19)17-13-6-4-3-5-7-13;/h11-14H,3-10,16H2,1-2H3,(H,17,19);1H. The molecule has 1 amide bonds. The van der Waals surface area contributed by atoms with Gasteiger partial charge >= 0.3 is 0 Å². The Kier molecular flexibility index (Phi) is 7.27. The second-order valence-electron chi connectivity index (χ2n) is 6.44. The molecule has 1 aliphatic carbocycles. The largest absolute Gasteiger partial charge is 0.352 e. The van der Waals surface area contributed by atoms with Crippen LogP contribution in [-0.4, -0.2) is 42.0 Å². The van der Waals surface area contributed by atoms with Gasteiger partial charge in [0.15, 0.2) is 0 Å². The van der Waals surface area contributed by atoms with Gasteiger partial charge in [0, 0.05) is 25.2 Å². The fraction of sp³-hybridized carbons (Fsp3) is 0.933. The number of halogens is 1. The van der Waals surface area contributed by atoms with Crippen LogP contribution in [-0.2, 0) is 4.79 Å². The Morgan fingerprint density at radius 3 is 2.50 bits per heavy atom. The van der Waals surface area contributed by atoms with Gasteiger partial charge < -0.3 is 11.1 Å². The van der Waals surface area contributed by atoms with E-state index in [1.54, 1.807) is 0 Å². The number of carbonyl (C=O) groups excluding carboxylic acids is 1. The minimum atomic E-state index is -0.0168. The van der Waals surface area contributed by atoms with Gasteiger partial charge in [0.25, 0.3) is 0 Å². The van der Waals surface area contributed by atoms with Crippen LogP contribution in [0.4, 0.5) is 0 Å². The number of likely N-dealkylation sites (tertiary alicyclic amines) is 1. The van der Waals surface area contributed by atoms with E-state index >= 15 is 0 Å². The zero-order chi connectivity index (χ0) is 13.8. The first kappa shape index (κ1) is 17.7. The predicted molar refractivity (Wildman–Crippen MR) is 85.1 cm³/mol. The summed E-state index contributed by atoms with van der Waals surface area (Å²) in [7, 11) is 0. The third-order valence-corrected chi connectivity index (χ3v) is 4.88. The van der Waals surface area contributed by atoms with Crippen molar-refractivity contribution in [3.8, 4) is 0 Å². The average Bonchev–Trinajstić information content (AvgIpc) is 2.42. The molecule has 1 saturated heterocycles. The Balaban J connectivity index is 0.00000200. The van der Waals surface area contributed by atoms with Gasteiger partial charge in [0.05, 0.1) is 6.04 Å². The van der Waals surface area contributed by atoms with E-state index in [-0.39, 0.29) is 24.4 Å². The van der Waals surface area contributed by atoms with Crippen LogP contribution in [0.25, 0.3) is 0 Å². The molecule has 0 aromatic carbocycles. The van der Waals surface area contributed by atoms with Crippen molar-refractivity contribution in [1.29, 1.82) is 0 Å². The Hall–Kier alpha value is -0.320. The molecule has 4 nitrogen and oxygen atoms in total. The lowest BCUT2D eigenvalue weighted by Gasteiger charge is -2.38. The molecular weight excluding hydrogens is 274 g/mol. The molecule has 2 aliphatic rings. The summed E-state index contributed by atoms with van der Waals surface area (Å²) in [4.78, 5) is 14.6. The van der Waals surface area contributed by atoms with Gasteiger partial charge in [-0.05, 0) is 32.1 Å². The number of amides is 1. The summed E-state index contributed by atoms with van der Waals surface area (Å²) in [6.07, 6.45) is 7.15. The fourth-order valence-electron chi connectivity index (χ4n) is 3.28. The van der Waals surface area contributed by atoms with Gasteiger partial charge in [-0.15, -0.1) is 12.4 Å². The molecule has 1 heterocycles. The summed E-state index contributed by atoms with van der Waals surface area (Å²) in [6, 6.07) is 0.690. The van der Waals surface area contributed by atoms with Crippen molar-refractivity contribution >= 4 is 18.3 Å². The summed E-state index contributed by atoms with van der Waals surface area (Å²) in [5, 5.41) is 3.23. The summed E-state index contributed by atoms with van der Waals surface area (Å²) in [5.41, 5.74) is 6.04. The number of nitrogens with one attached hydrogen (secondary N) is 1. The van der Waals surface area contributed by atoms with E-state index in [4.69, 9.17) is 5.73 Å². The van der Waals surface area contributed by atoms with Crippen molar-refractivity contribution in [3.63, 3.8) is 0 Å². The van der Waals surface area contributed by atoms with Crippen molar-refractivity contribution in [2.24, 2.45) is 11.7 Å². The maximum Gasteiger partial charge on any atom is 0.237 e. The first-order valence-corrected chi connectivity index (χ1v) is 7.88. The molecule has 2 rings (SSSR count). The van der Waals surface area contributed by atoms with Crippen molar-refractivity contribution in [2.75, 3.05) is 13.1 Å². The maximum atomic E-state index is 12.3. The average molecular weight is 304 g/mol. The third-order valence-electron chi connectivity index (χ3n) is 4.88. The SMILES string of the molecule is CC1CN(C(C)C(=O)NC2CCCCC2)CCC1N.Cl. The van der Waals surface area contributed by atoms with Crippen LogP contribution < -0.4 is 11.1 Å². The molecule has 118 valence electrons.